The van der Waals surface area contributed by atoms with Crippen molar-refractivity contribution in [3.8, 4) is 0 Å². The lowest BCUT2D eigenvalue weighted by Crippen LogP contribution is -2.34. The molecule has 9 heteroatoms. The minimum atomic E-state index is -5.73. The summed E-state index contributed by atoms with van der Waals surface area (Å²) < 4.78 is 66.1. The lowest BCUT2D eigenvalue weighted by Gasteiger charge is -2.19. The molecule has 4 nitrogen and oxygen atoms in total. The molecule has 1 saturated heterocycles. The van der Waals surface area contributed by atoms with Crippen LogP contribution in [0.25, 0.3) is 0 Å². The van der Waals surface area contributed by atoms with Gasteiger partial charge >= 0.3 is 18.0 Å². The SMILES string of the molecule is FC(F)(F)C(F)(F)c1nc(C2CCCNC2)no1. The van der Waals surface area contributed by atoms with E-state index in [1.54, 1.807) is 0 Å². The third-order valence-electron chi connectivity index (χ3n) is 2.73. The first kappa shape index (κ1) is 13.2. The van der Waals surface area contributed by atoms with Crippen molar-refractivity contribution in [2.75, 3.05) is 13.1 Å². The van der Waals surface area contributed by atoms with Crippen molar-refractivity contribution in [3.05, 3.63) is 11.7 Å². The van der Waals surface area contributed by atoms with Crippen molar-refractivity contribution in [1.82, 2.24) is 15.5 Å². The predicted octanol–water partition coefficient (Wildman–Crippen LogP) is 2.19. The number of hydrogen-bond donors (Lipinski definition) is 1. The summed E-state index contributed by atoms with van der Waals surface area (Å²) in [4.78, 5) is 3.18. The Hall–Kier alpha value is -1.25. The van der Waals surface area contributed by atoms with Gasteiger partial charge in [0, 0.05) is 12.5 Å². The summed E-state index contributed by atoms with van der Waals surface area (Å²) in [5.41, 5.74) is 0. The van der Waals surface area contributed by atoms with Crippen LogP contribution in [0.15, 0.2) is 4.52 Å². The van der Waals surface area contributed by atoms with Gasteiger partial charge in [0.15, 0.2) is 5.82 Å². The molecule has 0 bridgehead atoms. The molecule has 18 heavy (non-hydrogen) atoms. The zero-order chi connectivity index (χ0) is 13.4. The fourth-order valence-electron chi connectivity index (χ4n) is 1.72. The number of nitrogens with one attached hydrogen (secondary N) is 1. The van der Waals surface area contributed by atoms with Gasteiger partial charge in [-0.25, -0.2) is 0 Å². The highest BCUT2D eigenvalue weighted by atomic mass is 19.4. The van der Waals surface area contributed by atoms with E-state index in [0.717, 1.165) is 13.0 Å². The first-order valence-electron chi connectivity index (χ1n) is 5.31. The Morgan fingerprint density at radius 2 is 1.94 bits per heavy atom. The average Bonchev–Trinajstić information content (AvgIpc) is 2.78. The van der Waals surface area contributed by atoms with Crippen LogP contribution in [0, 0.1) is 0 Å². The Kier molecular flexibility index (Phi) is 3.26. The molecular formula is C9H10F5N3O. The highest BCUT2D eigenvalue weighted by Gasteiger charge is 2.63. The molecule has 0 spiro atoms. The summed E-state index contributed by atoms with van der Waals surface area (Å²) in [5.74, 6) is -7.21. The molecule has 1 fully saturated rings. The zero-order valence-electron chi connectivity index (χ0n) is 9.10. The van der Waals surface area contributed by atoms with Gasteiger partial charge in [0.1, 0.15) is 0 Å². The van der Waals surface area contributed by atoms with E-state index in [-0.39, 0.29) is 11.7 Å². The predicted molar refractivity (Wildman–Crippen MR) is 49.1 cm³/mol. The van der Waals surface area contributed by atoms with Crippen LogP contribution in [-0.2, 0) is 5.92 Å². The summed E-state index contributed by atoms with van der Waals surface area (Å²) in [7, 11) is 0. The fourth-order valence-corrected chi connectivity index (χ4v) is 1.72. The van der Waals surface area contributed by atoms with Gasteiger partial charge in [-0.15, -0.1) is 0 Å². The first-order valence-corrected chi connectivity index (χ1v) is 5.31. The normalized spacial score (nSPS) is 22.2. The van der Waals surface area contributed by atoms with Gasteiger partial charge in [0.2, 0.25) is 0 Å². The topological polar surface area (TPSA) is 51.0 Å². The van der Waals surface area contributed by atoms with E-state index in [0.29, 0.717) is 13.0 Å². The van der Waals surface area contributed by atoms with Crippen LogP contribution in [0.4, 0.5) is 22.0 Å². The van der Waals surface area contributed by atoms with Crippen molar-refractivity contribution in [2.24, 2.45) is 0 Å². The third-order valence-corrected chi connectivity index (χ3v) is 2.73. The molecule has 1 aromatic rings. The fraction of sp³-hybridized carbons (Fsp3) is 0.778. The van der Waals surface area contributed by atoms with E-state index in [9.17, 15) is 22.0 Å². The van der Waals surface area contributed by atoms with Crippen LogP contribution >= 0.6 is 0 Å². The highest BCUT2D eigenvalue weighted by molar-refractivity contribution is 5.03. The van der Waals surface area contributed by atoms with Crippen molar-refractivity contribution < 1.29 is 26.5 Å². The van der Waals surface area contributed by atoms with E-state index in [2.05, 4.69) is 20.0 Å². The second-order valence-electron chi connectivity index (χ2n) is 4.07. The number of aromatic nitrogens is 2. The van der Waals surface area contributed by atoms with Gasteiger partial charge in [0.05, 0.1) is 0 Å². The minimum absolute atomic E-state index is 0.110. The largest absolute Gasteiger partial charge is 0.463 e. The molecule has 1 aromatic heterocycles. The average molecular weight is 271 g/mol. The standard InChI is InChI=1S/C9H10F5N3O/c10-8(11,9(12,13)14)7-16-6(17-18-7)5-2-1-3-15-4-5/h5,15H,1-4H2. The molecule has 0 aromatic carbocycles. The molecule has 102 valence electrons. The van der Waals surface area contributed by atoms with E-state index in [4.69, 9.17) is 0 Å². The Labute approximate surface area is 98.5 Å². The van der Waals surface area contributed by atoms with Crippen molar-refractivity contribution >= 4 is 0 Å². The Morgan fingerprint density at radius 3 is 2.50 bits per heavy atom. The summed E-state index contributed by atoms with van der Waals surface area (Å²) in [6, 6.07) is 0. The van der Waals surface area contributed by atoms with E-state index in [1.807, 2.05) is 0 Å². The smallest absolute Gasteiger partial charge is 0.332 e. The van der Waals surface area contributed by atoms with Gasteiger partial charge in [-0.3, -0.25) is 0 Å². The van der Waals surface area contributed by atoms with E-state index >= 15 is 0 Å². The zero-order valence-corrected chi connectivity index (χ0v) is 9.10. The maximum absolute atomic E-state index is 12.9. The lowest BCUT2D eigenvalue weighted by atomic mass is 9.99. The third kappa shape index (κ3) is 2.31. The maximum Gasteiger partial charge on any atom is 0.463 e. The van der Waals surface area contributed by atoms with Crippen molar-refractivity contribution in [3.63, 3.8) is 0 Å². The van der Waals surface area contributed by atoms with E-state index in [1.165, 1.54) is 0 Å². The molecule has 1 atom stereocenters. The van der Waals surface area contributed by atoms with E-state index < -0.39 is 18.0 Å². The lowest BCUT2D eigenvalue weighted by molar-refractivity contribution is -0.298. The first-order chi connectivity index (χ1) is 8.32. The van der Waals surface area contributed by atoms with Gasteiger partial charge in [-0.1, -0.05) is 5.16 Å². The van der Waals surface area contributed by atoms with Crippen molar-refractivity contribution in [1.29, 1.82) is 0 Å². The van der Waals surface area contributed by atoms with Gasteiger partial charge in [-0.2, -0.15) is 26.9 Å². The number of rotatable bonds is 2. The number of nitrogens with zero attached hydrogens (tertiary/aromatic N) is 2. The van der Waals surface area contributed by atoms with Crippen molar-refractivity contribution in [2.45, 2.75) is 30.9 Å². The second-order valence-corrected chi connectivity index (χ2v) is 4.07. The summed E-state index contributed by atoms with van der Waals surface area (Å²) in [6.45, 7) is 1.22. The van der Waals surface area contributed by atoms with Crippen LogP contribution in [0.2, 0.25) is 0 Å². The maximum atomic E-state index is 12.9. The number of piperidine rings is 1. The van der Waals surface area contributed by atoms with Gasteiger partial charge in [-0.05, 0) is 19.4 Å². The molecule has 1 unspecified atom stereocenters. The molecule has 0 aliphatic carbocycles. The highest BCUT2D eigenvalue weighted by Crippen LogP contribution is 2.43. The summed E-state index contributed by atoms with van der Waals surface area (Å²) in [5, 5.41) is 6.19. The molecule has 0 radical (unpaired) electrons. The molecule has 1 aliphatic rings. The summed E-state index contributed by atoms with van der Waals surface area (Å²) >= 11 is 0. The molecule has 1 N–H and O–H groups in total. The van der Waals surface area contributed by atoms with Crippen LogP contribution in [0.5, 0.6) is 0 Å². The molecule has 2 rings (SSSR count). The Morgan fingerprint density at radius 1 is 1.22 bits per heavy atom. The van der Waals surface area contributed by atoms with Gasteiger partial charge < -0.3 is 9.84 Å². The monoisotopic (exact) mass is 271 g/mol. The minimum Gasteiger partial charge on any atom is -0.332 e. The summed E-state index contributed by atoms with van der Waals surface area (Å²) in [6.07, 6.45) is -4.32. The molecule has 2 heterocycles. The number of hydrogen-bond acceptors (Lipinski definition) is 4. The Bertz CT molecular complexity index is 411. The van der Waals surface area contributed by atoms with Gasteiger partial charge in [0.25, 0.3) is 0 Å². The van der Waals surface area contributed by atoms with Crippen LogP contribution in [-0.4, -0.2) is 29.4 Å². The quantitative estimate of drug-likeness (QED) is 0.838. The van der Waals surface area contributed by atoms with Crippen LogP contribution in [0.3, 0.4) is 0 Å². The molecule has 0 saturated carbocycles. The molecule has 0 amide bonds. The molecule has 1 aliphatic heterocycles. The van der Waals surface area contributed by atoms with Crippen LogP contribution in [0.1, 0.15) is 30.5 Å². The second kappa shape index (κ2) is 4.45. The number of halogens is 5. The molecular weight excluding hydrogens is 261 g/mol. The number of alkyl halides is 5. The Balaban J connectivity index is 2.19. The van der Waals surface area contributed by atoms with Crippen LogP contribution < -0.4 is 5.32 Å².